The van der Waals surface area contributed by atoms with E-state index in [1.54, 1.807) is 0 Å². The summed E-state index contributed by atoms with van der Waals surface area (Å²) in [5.74, 6) is -0.0431. The smallest absolute Gasteiger partial charge is 0.401 e. The molecule has 0 bridgehead atoms. The van der Waals surface area contributed by atoms with Crippen molar-refractivity contribution in [2.24, 2.45) is 5.10 Å². The van der Waals surface area contributed by atoms with Crippen LogP contribution in [0.15, 0.2) is 32.1 Å². The van der Waals surface area contributed by atoms with Gasteiger partial charge in [-0.3, -0.25) is 25.2 Å². The van der Waals surface area contributed by atoms with Gasteiger partial charge in [-0.1, -0.05) is 0 Å². The molecule has 2 aromatic rings. The summed E-state index contributed by atoms with van der Waals surface area (Å²) in [7, 11) is 0. The number of hydrazone groups is 1. The lowest BCUT2D eigenvalue weighted by Gasteiger charge is -2.24. The fraction of sp³-hybridized carbons (Fsp3) is 0.100. The van der Waals surface area contributed by atoms with Crippen LogP contribution in [0.4, 0.5) is 17.5 Å². The number of furan rings is 2. The standard InChI is InChI=1S/C10H6N4O6/c15-13(16)9-2-1-6(19-9)4-11-12-5-8-7(12)3-10(20-8)14(17)18/h1-4H,5H2. The summed E-state index contributed by atoms with van der Waals surface area (Å²) in [6, 6.07) is 3.88. The Kier molecular flexibility index (Phi) is 2.49. The van der Waals surface area contributed by atoms with Crippen molar-refractivity contribution >= 4 is 23.7 Å². The Bertz CT molecular complexity index is 730. The van der Waals surface area contributed by atoms with E-state index in [0.29, 0.717) is 18.0 Å². The van der Waals surface area contributed by atoms with Crippen LogP contribution in [0.1, 0.15) is 11.5 Å². The van der Waals surface area contributed by atoms with Crippen molar-refractivity contribution in [3.63, 3.8) is 0 Å². The molecule has 0 fully saturated rings. The molecule has 0 aromatic carbocycles. The second-order valence-corrected chi connectivity index (χ2v) is 3.89. The molecule has 102 valence electrons. The highest BCUT2D eigenvalue weighted by molar-refractivity contribution is 5.78. The minimum atomic E-state index is -0.654. The summed E-state index contributed by atoms with van der Waals surface area (Å²) in [4.78, 5) is 19.7. The van der Waals surface area contributed by atoms with Crippen LogP contribution in [0.3, 0.4) is 0 Å². The van der Waals surface area contributed by atoms with E-state index in [2.05, 4.69) is 5.10 Å². The average molecular weight is 278 g/mol. The lowest BCUT2D eigenvalue weighted by Crippen LogP contribution is -2.25. The van der Waals surface area contributed by atoms with Crippen molar-refractivity contribution in [2.75, 3.05) is 5.01 Å². The summed E-state index contributed by atoms with van der Waals surface area (Å²) in [6.45, 7) is 0.294. The predicted octanol–water partition coefficient (Wildman–Crippen LogP) is 2.04. The van der Waals surface area contributed by atoms with Crippen LogP contribution in [0.25, 0.3) is 0 Å². The Labute approximate surface area is 110 Å². The van der Waals surface area contributed by atoms with Crippen LogP contribution in [-0.2, 0) is 6.54 Å². The maximum Gasteiger partial charge on any atom is 0.435 e. The van der Waals surface area contributed by atoms with Crippen molar-refractivity contribution in [3.05, 3.63) is 49.9 Å². The van der Waals surface area contributed by atoms with E-state index in [1.165, 1.54) is 29.4 Å². The first-order chi connectivity index (χ1) is 9.54. The van der Waals surface area contributed by atoms with Crippen LogP contribution in [0.5, 0.6) is 0 Å². The lowest BCUT2D eigenvalue weighted by molar-refractivity contribution is -0.402. The van der Waals surface area contributed by atoms with Crippen molar-refractivity contribution < 1.29 is 18.7 Å². The highest BCUT2D eigenvalue weighted by Gasteiger charge is 2.31. The van der Waals surface area contributed by atoms with E-state index in [9.17, 15) is 20.2 Å². The number of rotatable bonds is 4. The van der Waals surface area contributed by atoms with Gasteiger partial charge in [-0.05, 0) is 6.07 Å². The Balaban J connectivity index is 1.73. The molecular formula is C10H6N4O6. The number of nitrogens with zero attached hydrogens (tertiary/aromatic N) is 4. The van der Waals surface area contributed by atoms with Crippen LogP contribution in [0.2, 0.25) is 0 Å². The zero-order valence-corrected chi connectivity index (χ0v) is 9.75. The van der Waals surface area contributed by atoms with Crippen molar-refractivity contribution in [1.29, 1.82) is 0 Å². The topological polar surface area (TPSA) is 128 Å². The predicted molar refractivity (Wildman–Crippen MR) is 64.5 cm³/mol. The molecule has 1 aliphatic heterocycles. The van der Waals surface area contributed by atoms with E-state index in [4.69, 9.17) is 8.83 Å². The Morgan fingerprint density at radius 1 is 1.20 bits per heavy atom. The van der Waals surface area contributed by atoms with E-state index in [1.807, 2.05) is 0 Å². The van der Waals surface area contributed by atoms with Crippen LogP contribution in [0, 0.1) is 20.2 Å². The second kappa shape index (κ2) is 4.19. The summed E-state index contributed by atoms with van der Waals surface area (Å²) in [5.41, 5.74) is 0.494. The Morgan fingerprint density at radius 3 is 2.60 bits per heavy atom. The van der Waals surface area contributed by atoms with Gasteiger partial charge in [-0.15, -0.1) is 0 Å². The molecule has 0 saturated heterocycles. The van der Waals surface area contributed by atoms with Crippen molar-refractivity contribution in [3.8, 4) is 0 Å². The summed E-state index contributed by atoms with van der Waals surface area (Å²) in [5, 5.41) is 26.4. The Hall–Kier alpha value is -3.17. The van der Waals surface area contributed by atoms with Gasteiger partial charge in [0, 0.05) is 0 Å². The van der Waals surface area contributed by atoms with E-state index in [0.717, 1.165) is 0 Å². The fourth-order valence-electron chi connectivity index (χ4n) is 1.70. The average Bonchev–Trinajstić information content (AvgIpc) is 2.95. The summed E-state index contributed by atoms with van der Waals surface area (Å²) >= 11 is 0. The van der Waals surface area contributed by atoms with Gasteiger partial charge in [0.05, 0.1) is 18.3 Å². The van der Waals surface area contributed by atoms with Crippen molar-refractivity contribution in [2.45, 2.75) is 6.54 Å². The minimum absolute atomic E-state index is 0.211. The van der Waals surface area contributed by atoms with Gasteiger partial charge in [-0.2, -0.15) is 5.10 Å². The molecule has 3 rings (SSSR count). The molecule has 0 N–H and O–H groups in total. The third-order valence-corrected chi connectivity index (χ3v) is 2.64. The normalized spacial score (nSPS) is 13.3. The first kappa shape index (κ1) is 11.9. The van der Waals surface area contributed by atoms with E-state index in [-0.39, 0.29) is 17.5 Å². The molecule has 10 heteroatoms. The summed E-state index contributed by atoms with van der Waals surface area (Å²) in [6.07, 6.45) is 1.29. The van der Waals surface area contributed by atoms with Gasteiger partial charge in [0.25, 0.3) is 0 Å². The monoisotopic (exact) mass is 278 g/mol. The largest absolute Gasteiger partial charge is 0.435 e. The van der Waals surface area contributed by atoms with Gasteiger partial charge < -0.3 is 8.83 Å². The number of anilines is 1. The maximum absolute atomic E-state index is 10.5. The molecule has 0 atom stereocenters. The molecule has 10 nitrogen and oxygen atoms in total. The number of fused-ring (bicyclic) bond motifs is 1. The third-order valence-electron chi connectivity index (χ3n) is 2.64. The quantitative estimate of drug-likeness (QED) is 0.475. The molecule has 0 unspecified atom stereocenters. The molecular weight excluding hydrogens is 272 g/mol. The second-order valence-electron chi connectivity index (χ2n) is 3.89. The fourth-order valence-corrected chi connectivity index (χ4v) is 1.70. The van der Waals surface area contributed by atoms with Gasteiger partial charge in [0.1, 0.15) is 22.1 Å². The van der Waals surface area contributed by atoms with Gasteiger partial charge >= 0.3 is 11.8 Å². The highest BCUT2D eigenvalue weighted by atomic mass is 16.7. The van der Waals surface area contributed by atoms with E-state index >= 15 is 0 Å². The van der Waals surface area contributed by atoms with Crippen molar-refractivity contribution in [1.82, 2.24) is 0 Å². The van der Waals surface area contributed by atoms with Gasteiger partial charge in [-0.25, -0.2) is 0 Å². The SMILES string of the molecule is O=[N+]([O-])c1ccc(C=NN2Cc3oc([N+](=O)[O-])cc32)o1. The first-order valence-corrected chi connectivity index (χ1v) is 5.37. The highest BCUT2D eigenvalue weighted by Crippen LogP contribution is 2.38. The molecule has 0 amide bonds. The molecule has 1 aliphatic rings. The maximum atomic E-state index is 10.5. The Morgan fingerprint density at radius 2 is 1.95 bits per heavy atom. The molecule has 20 heavy (non-hydrogen) atoms. The van der Waals surface area contributed by atoms with Crippen LogP contribution < -0.4 is 5.01 Å². The third kappa shape index (κ3) is 1.88. The van der Waals surface area contributed by atoms with Crippen LogP contribution in [-0.4, -0.2) is 16.1 Å². The number of nitro groups is 2. The zero-order valence-electron chi connectivity index (χ0n) is 9.75. The molecule has 0 saturated carbocycles. The number of hydrogen-bond acceptors (Lipinski definition) is 8. The van der Waals surface area contributed by atoms with Crippen LogP contribution >= 0.6 is 0 Å². The molecule has 0 aliphatic carbocycles. The first-order valence-electron chi connectivity index (χ1n) is 5.37. The van der Waals surface area contributed by atoms with E-state index < -0.39 is 9.85 Å². The zero-order chi connectivity index (χ0) is 14.3. The molecule has 0 radical (unpaired) electrons. The number of hydrogen-bond donors (Lipinski definition) is 0. The molecule has 0 spiro atoms. The molecule has 3 heterocycles. The lowest BCUT2D eigenvalue weighted by atomic mass is 10.2. The van der Waals surface area contributed by atoms with Gasteiger partial charge in [0.15, 0.2) is 11.5 Å². The molecule has 2 aromatic heterocycles. The van der Waals surface area contributed by atoms with Gasteiger partial charge in [0.2, 0.25) is 0 Å². The summed E-state index contributed by atoms with van der Waals surface area (Å²) < 4.78 is 9.84. The minimum Gasteiger partial charge on any atom is -0.401 e.